The summed E-state index contributed by atoms with van der Waals surface area (Å²) in [5.74, 6) is 10.2. The van der Waals surface area contributed by atoms with Gasteiger partial charge in [-0.05, 0) is 131 Å². The number of hydrogen-bond donors (Lipinski definition) is 3. The molecule has 60 heavy (non-hydrogen) atoms. The Morgan fingerprint density at radius 3 is 0.783 bits per heavy atom. The summed E-state index contributed by atoms with van der Waals surface area (Å²) in [7, 11) is 0. The van der Waals surface area contributed by atoms with Gasteiger partial charge in [-0.3, -0.25) is 0 Å². The molecule has 0 rings (SSSR count). The first-order valence-electron chi connectivity index (χ1n) is 25.4. The van der Waals surface area contributed by atoms with E-state index in [2.05, 4.69) is 163 Å². The van der Waals surface area contributed by atoms with Gasteiger partial charge in [0, 0.05) is 5.92 Å². The number of rotatable bonds is 23. The minimum Gasteiger partial charge on any atom is -0.390 e. The summed E-state index contributed by atoms with van der Waals surface area (Å²) < 4.78 is 0. The highest BCUT2D eigenvalue weighted by Gasteiger charge is 2.20. The van der Waals surface area contributed by atoms with E-state index in [0.717, 1.165) is 78.9 Å². The van der Waals surface area contributed by atoms with Crippen molar-refractivity contribution in [3.8, 4) is 0 Å². The van der Waals surface area contributed by atoms with Crippen LogP contribution in [0.5, 0.6) is 0 Å². The average molecular weight is 854 g/mol. The van der Waals surface area contributed by atoms with Crippen molar-refractivity contribution in [1.82, 2.24) is 0 Å². The van der Waals surface area contributed by atoms with Crippen molar-refractivity contribution in [3.05, 3.63) is 24.3 Å². The van der Waals surface area contributed by atoms with Crippen molar-refractivity contribution in [2.24, 2.45) is 82.9 Å². The molecule has 0 aliphatic rings. The molecule has 0 aromatic rings. The first-order valence-corrected chi connectivity index (χ1v) is 25.4. The Labute approximate surface area is 382 Å². The predicted molar refractivity (Wildman–Crippen MR) is 277 cm³/mol. The van der Waals surface area contributed by atoms with Crippen LogP contribution >= 0.6 is 0 Å². The summed E-state index contributed by atoms with van der Waals surface area (Å²) in [5.41, 5.74) is -1.55. The van der Waals surface area contributed by atoms with Crippen LogP contribution in [0.15, 0.2) is 24.3 Å². The maximum absolute atomic E-state index is 9.69. The van der Waals surface area contributed by atoms with E-state index in [0.29, 0.717) is 23.7 Å². The Kier molecular flexibility index (Phi) is 41.8. The van der Waals surface area contributed by atoms with Gasteiger partial charge in [0.25, 0.3) is 0 Å². The molecule has 0 amide bonds. The van der Waals surface area contributed by atoms with Crippen molar-refractivity contribution in [2.75, 3.05) is 0 Å². The molecule has 7 atom stereocenters. The molecule has 0 unspecified atom stereocenters. The van der Waals surface area contributed by atoms with Crippen molar-refractivity contribution in [2.45, 2.75) is 262 Å². The molecule has 0 heterocycles. The maximum atomic E-state index is 9.69. The van der Waals surface area contributed by atoms with Gasteiger partial charge in [-0.25, -0.2) is 0 Å². The monoisotopic (exact) mass is 853 g/mol. The summed E-state index contributed by atoms with van der Waals surface area (Å²) in [6.07, 6.45) is 19.9. The largest absolute Gasteiger partial charge is 0.390 e. The molecule has 3 heteroatoms. The summed E-state index contributed by atoms with van der Waals surface area (Å²) >= 11 is 0. The molecule has 0 aromatic heterocycles. The molecule has 0 saturated heterocycles. The van der Waals surface area contributed by atoms with Crippen molar-refractivity contribution < 1.29 is 15.3 Å². The van der Waals surface area contributed by atoms with Crippen LogP contribution < -0.4 is 0 Å². The fraction of sp³-hybridized carbons (Fsp3) is 0.930. The number of hydrogen-bond acceptors (Lipinski definition) is 3. The minimum atomic E-state index is -0.604. The van der Waals surface area contributed by atoms with Gasteiger partial charge < -0.3 is 15.3 Å². The second-order valence-corrected chi connectivity index (χ2v) is 23.9. The summed E-state index contributed by atoms with van der Waals surface area (Å²) in [6, 6.07) is 0. The second-order valence-electron chi connectivity index (χ2n) is 23.9. The van der Waals surface area contributed by atoms with Gasteiger partial charge in [0.2, 0.25) is 0 Å². The number of aliphatic hydroxyl groups is 3. The molecule has 0 bridgehead atoms. The van der Waals surface area contributed by atoms with Crippen LogP contribution in [0.2, 0.25) is 0 Å². The van der Waals surface area contributed by atoms with Gasteiger partial charge in [0.05, 0.1) is 16.8 Å². The molecule has 0 aromatic carbocycles. The zero-order chi connectivity index (χ0) is 48.8. The molecule has 0 aliphatic heterocycles. The van der Waals surface area contributed by atoms with E-state index in [4.69, 9.17) is 0 Å². The maximum Gasteiger partial charge on any atom is 0.0651 e. The van der Waals surface area contributed by atoms with E-state index in [9.17, 15) is 15.3 Å². The first-order chi connectivity index (χ1) is 26.9. The molecule has 0 fully saturated rings. The van der Waals surface area contributed by atoms with Gasteiger partial charge in [-0.1, -0.05) is 215 Å². The quantitative estimate of drug-likeness (QED) is 0.0898. The van der Waals surface area contributed by atoms with Crippen LogP contribution in [-0.2, 0) is 0 Å². The van der Waals surface area contributed by atoms with Gasteiger partial charge in [-0.2, -0.15) is 0 Å². The van der Waals surface area contributed by atoms with Gasteiger partial charge >= 0.3 is 0 Å². The highest BCUT2D eigenvalue weighted by Crippen LogP contribution is 2.23. The van der Waals surface area contributed by atoms with E-state index in [1.807, 2.05) is 48.5 Å². The third-order valence-corrected chi connectivity index (χ3v) is 13.4. The average Bonchev–Trinajstić information content (AvgIpc) is 3.08. The smallest absolute Gasteiger partial charge is 0.0651 e. The number of allylic oxidation sites excluding steroid dienone is 3. The molecule has 0 aliphatic carbocycles. The molecule has 0 saturated carbocycles. The molecular weight excluding hydrogens is 733 g/mol. The van der Waals surface area contributed by atoms with E-state index in [-0.39, 0.29) is 5.92 Å². The van der Waals surface area contributed by atoms with Crippen LogP contribution in [0.1, 0.15) is 245 Å². The Hall–Kier alpha value is -0.640. The summed E-state index contributed by atoms with van der Waals surface area (Å²) in [4.78, 5) is 0. The zero-order valence-corrected chi connectivity index (χ0v) is 46.6. The fourth-order valence-corrected chi connectivity index (χ4v) is 5.16. The van der Waals surface area contributed by atoms with E-state index >= 15 is 0 Å². The Bertz CT molecular complexity index is 917. The molecule has 3 nitrogen and oxygen atoms in total. The molecular formula is C57H120O3. The normalized spacial score (nSPS) is 16.2. The molecule has 366 valence electrons. The van der Waals surface area contributed by atoms with Crippen LogP contribution in [0.3, 0.4) is 0 Å². The minimum absolute atomic E-state index is 0.216. The van der Waals surface area contributed by atoms with E-state index in [1.165, 1.54) is 32.1 Å². The van der Waals surface area contributed by atoms with Gasteiger partial charge in [-0.15, -0.1) is 0 Å². The van der Waals surface area contributed by atoms with Crippen LogP contribution in [-0.4, -0.2) is 32.1 Å². The van der Waals surface area contributed by atoms with Crippen LogP contribution in [0.25, 0.3) is 0 Å². The first kappa shape index (κ1) is 68.4. The lowest BCUT2D eigenvalue weighted by Gasteiger charge is -2.23. The van der Waals surface area contributed by atoms with Crippen LogP contribution in [0, 0.1) is 82.9 Å². The zero-order valence-electron chi connectivity index (χ0n) is 46.6. The third kappa shape index (κ3) is 51.7. The highest BCUT2D eigenvalue weighted by atomic mass is 16.3. The van der Waals surface area contributed by atoms with Gasteiger partial charge in [0.1, 0.15) is 0 Å². The van der Waals surface area contributed by atoms with Gasteiger partial charge in [0.15, 0.2) is 0 Å². The third-order valence-electron chi connectivity index (χ3n) is 13.4. The SMILES string of the molecule is CC(C)CCC[C@@H](C)C(C)C.CC(C)[C@H](C)/C=C/[C@@H](C)C(C)(C)O.CC(C)[C@H](C)/C=C/[C@H](C)C(C)C.CC(C)[C@H](C)CCCC(C)(C)O.CC(C)[C@H](C)CCCC(C)(C)O. The van der Waals surface area contributed by atoms with E-state index in [1.54, 1.807) is 0 Å². The van der Waals surface area contributed by atoms with Crippen molar-refractivity contribution in [1.29, 1.82) is 0 Å². The summed E-state index contributed by atoms with van der Waals surface area (Å²) in [5, 5.41) is 28.6. The van der Waals surface area contributed by atoms with E-state index < -0.39 is 16.8 Å². The second kappa shape index (κ2) is 36.7. The summed E-state index contributed by atoms with van der Waals surface area (Å²) in [6.45, 7) is 58.8. The molecule has 0 radical (unpaired) electrons. The lowest BCUT2D eigenvalue weighted by molar-refractivity contribution is 0.0438. The lowest BCUT2D eigenvalue weighted by Crippen LogP contribution is -2.27. The van der Waals surface area contributed by atoms with Crippen molar-refractivity contribution in [3.63, 3.8) is 0 Å². The highest BCUT2D eigenvalue weighted by molar-refractivity contribution is 4.96. The fourth-order valence-electron chi connectivity index (χ4n) is 5.16. The van der Waals surface area contributed by atoms with Crippen molar-refractivity contribution >= 4 is 0 Å². The Morgan fingerprint density at radius 2 is 0.583 bits per heavy atom. The topological polar surface area (TPSA) is 60.7 Å². The van der Waals surface area contributed by atoms with Crippen LogP contribution in [0.4, 0.5) is 0 Å². The predicted octanol–water partition coefficient (Wildman–Crippen LogP) is 17.9. The molecule has 0 spiro atoms. The molecule has 3 N–H and O–H groups in total. The Balaban J connectivity index is -0.000000210. The lowest BCUT2D eigenvalue weighted by atomic mass is 9.90. The standard InChI is InChI=1S/C12H24O.C12H24.2C11H24O.C11H24/c1-9(2)10(3)7-8-11(4)12(5,6)13;1-9(2)11(5)7-8-12(6)10(3)4;2*1-9(2)10(3)7-6-8-11(4,5)12;1-9(2)7-6-8-11(5)10(3)4/h7-11,13H,1-6H3;7-12H,1-6H3;2*9-10,12H,6-8H2,1-5H3;9-11H,6-8H2,1-5H3/b2*8-7+;;;/t10-,11-;11-,12+;2*10-;11-/m1.111/s1. The Morgan fingerprint density at radius 1 is 0.333 bits per heavy atom.